The molecule has 0 aliphatic carbocycles. The van der Waals surface area contributed by atoms with Crippen LogP contribution in [0.15, 0.2) is 48.5 Å². The van der Waals surface area contributed by atoms with Gasteiger partial charge in [-0.1, -0.05) is 36.4 Å². The fourth-order valence-corrected chi connectivity index (χ4v) is 3.43. The van der Waals surface area contributed by atoms with Crippen molar-refractivity contribution in [3.05, 3.63) is 54.1 Å². The molecule has 0 unspecified atom stereocenters. The Hall–Kier alpha value is -1.88. The van der Waals surface area contributed by atoms with Gasteiger partial charge in [-0.2, -0.15) is 0 Å². The van der Waals surface area contributed by atoms with E-state index in [1.807, 2.05) is 0 Å². The van der Waals surface area contributed by atoms with Gasteiger partial charge in [-0.3, -0.25) is 0 Å². The molecule has 26 heavy (non-hydrogen) atoms. The predicted octanol–water partition coefficient (Wildman–Crippen LogP) is 3.17. The molecule has 0 aromatic heterocycles. The van der Waals surface area contributed by atoms with Gasteiger partial charge in [0.25, 0.3) is 0 Å². The summed E-state index contributed by atoms with van der Waals surface area (Å²) >= 11 is 0. The molecule has 0 amide bonds. The average molecular weight is 354 g/mol. The lowest BCUT2D eigenvalue weighted by Gasteiger charge is -2.23. The maximum absolute atomic E-state index is 5.98. The van der Waals surface area contributed by atoms with Crippen molar-refractivity contribution in [2.24, 2.45) is 11.7 Å². The van der Waals surface area contributed by atoms with Crippen LogP contribution < -0.4 is 21.1 Å². The summed E-state index contributed by atoms with van der Waals surface area (Å²) in [6.07, 6.45) is 3.40. The van der Waals surface area contributed by atoms with E-state index in [0.29, 0.717) is 13.2 Å². The molecule has 0 bridgehead atoms. The van der Waals surface area contributed by atoms with E-state index in [2.05, 4.69) is 59.2 Å². The third-order valence-corrected chi connectivity index (χ3v) is 4.98. The van der Waals surface area contributed by atoms with Crippen LogP contribution >= 0.6 is 0 Å². The molecule has 3 rings (SSSR count). The highest BCUT2D eigenvalue weighted by molar-refractivity contribution is 5.65. The Morgan fingerprint density at radius 1 is 1.04 bits per heavy atom. The summed E-state index contributed by atoms with van der Waals surface area (Å²) in [5, 5.41) is 7.08. The maximum atomic E-state index is 5.98. The van der Waals surface area contributed by atoms with Gasteiger partial charge >= 0.3 is 0 Å². The van der Waals surface area contributed by atoms with E-state index < -0.39 is 0 Å². The normalized spacial score (nSPS) is 15.1. The largest absolute Gasteiger partial charge is 0.493 e. The molecule has 0 radical (unpaired) electrons. The molecule has 1 aliphatic rings. The lowest BCUT2D eigenvalue weighted by atomic mass is 9.98. The van der Waals surface area contributed by atoms with E-state index >= 15 is 0 Å². The van der Waals surface area contributed by atoms with Gasteiger partial charge in [0.2, 0.25) is 0 Å². The zero-order valence-electron chi connectivity index (χ0n) is 15.5. The summed E-state index contributed by atoms with van der Waals surface area (Å²) in [5.74, 6) is 1.74. The van der Waals surface area contributed by atoms with Gasteiger partial charge in [0.05, 0.1) is 6.61 Å². The Bertz CT molecular complexity index is 654. The lowest BCUT2D eigenvalue weighted by Crippen LogP contribution is -2.33. The summed E-state index contributed by atoms with van der Waals surface area (Å²) in [4.78, 5) is 0. The van der Waals surface area contributed by atoms with Crippen molar-refractivity contribution in [1.29, 1.82) is 0 Å². The quantitative estimate of drug-likeness (QED) is 0.606. The number of piperidine rings is 1. The van der Waals surface area contributed by atoms with E-state index in [9.17, 15) is 0 Å². The number of hydrogen-bond acceptors (Lipinski definition) is 4. The topological polar surface area (TPSA) is 59.3 Å². The van der Waals surface area contributed by atoms with E-state index in [1.165, 1.54) is 29.5 Å². The fraction of sp³-hybridized carbons (Fsp3) is 0.455. The minimum Gasteiger partial charge on any atom is -0.493 e. The summed E-state index contributed by atoms with van der Waals surface area (Å²) in [6, 6.07) is 17.0. The number of benzene rings is 2. The van der Waals surface area contributed by atoms with Gasteiger partial charge < -0.3 is 21.1 Å². The average Bonchev–Trinajstić information content (AvgIpc) is 2.70. The fourth-order valence-electron chi connectivity index (χ4n) is 3.43. The van der Waals surface area contributed by atoms with Gasteiger partial charge in [-0.15, -0.1) is 0 Å². The monoisotopic (exact) mass is 353 g/mol. The minimum atomic E-state index is 0.658. The first kappa shape index (κ1) is 18.9. The van der Waals surface area contributed by atoms with Gasteiger partial charge in [0.1, 0.15) is 5.75 Å². The van der Waals surface area contributed by atoms with Crippen molar-refractivity contribution >= 4 is 0 Å². The molecule has 2 aromatic carbocycles. The summed E-state index contributed by atoms with van der Waals surface area (Å²) in [6.45, 7) is 5.52. The highest BCUT2D eigenvalue weighted by Crippen LogP contribution is 2.27. The van der Waals surface area contributed by atoms with Crippen molar-refractivity contribution in [1.82, 2.24) is 10.6 Å². The van der Waals surface area contributed by atoms with Crippen molar-refractivity contribution in [2.45, 2.75) is 25.8 Å². The number of nitrogens with two attached hydrogens (primary N) is 1. The molecule has 4 N–H and O–H groups in total. The molecule has 0 saturated carbocycles. The Balaban J connectivity index is 1.68. The van der Waals surface area contributed by atoms with Crippen LogP contribution in [0.4, 0.5) is 0 Å². The molecule has 0 atom stereocenters. The number of hydrogen-bond donors (Lipinski definition) is 3. The molecule has 4 heteroatoms. The van der Waals surface area contributed by atoms with Gasteiger partial charge in [0.15, 0.2) is 0 Å². The maximum Gasteiger partial charge on any atom is 0.123 e. The molecule has 2 aromatic rings. The second-order valence-corrected chi connectivity index (χ2v) is 7.00. The SMILES string of the molecule is NCCCOc1ccc(-c2ccccc2)cc1CNCC1CCNCC1. The zero-order chi connectivity index (χ0) is 18.0. The van der Waals surface area contributed by atoms with E-state index in [0.717, 1.165) is 44.3 Å². The highest BCUT2D eigenvalue weighted by Gasteiger charge is 2.13. The molecular formula is C22H31N3O. The number of ether oxygens (including phenoxy) is 1. The smallest absolute Gasteiger partial charge is 0.123 e. The zero-order valence-corrected chi connectivity index (χ0v) is 15.5. The van der Waals surface area contributed by atoms with Crippen LogP contribution in [0, 0.1) is 5.92 Å². The van der Waals surface area contributed by atoms with E-state index in [-0.39, 0.29) is 0 Å². The Morgan fingerprint density at radius 3 is 2.62 bits per heavy atom. The van der Waals surface area contributed by atoms with Crippen molar-refractivity contribution in [3.8, 4) is 16.9 Å². The third-order valence-electron chi connectivity index (χ3n) is 4.98. The molecule has 4 nitrogen and oxygen atoms in total. The minimum absolute atomic E-state index is 0.658. The molecule has 1 saturated heterocycles. The second kappa shape index (κ2) is 10.3. The highest BCUT2D eigenvalue weighted by atomic mass is 16.5. The van der Waals surface area contributed by atoms with Crippen molar-refractivity contribution in [3.63, 3.8) is 0 Å². The number of nitrogens with one attached hydrogen (secondary N) is 2. The van der Waals surface area contributed by atoms with Crippen LogP contribution in [0.5, 0.6) is 5.75 Å². The van der Waals surface area contributed by atoms with Crippen LogP contribution in [0.2, 0.25) is 0 Å². The Morgan fingerprint density at radius 2 is 1.85 bits per heavy atom. The molecule has 0 spiro atoms. The van der Waals surface area contributed by atoms with Crippen LogP contribution in [-0.2, 0) is 6.54 Å². The first-order valence-corrected chi connectivity index (χ1v) is 9.79. The molecule has 1 heterocycles. The van der Waals surface area contributed by atoms with Gasteiger partial charge in [-0.05, 0) is 74.6 Å². The first-order chi connectivity index (χ1) is 12.9. The predicted molar refractivity (Wildman–Crippen MR) is 108 cm³/mol. The van der Waals surface area contributed by atoms with Crippen LogP contribution in [0.1, 0.15) is 24.8 Å². The summed E-state index contributed by atoms with van der Waals surface area (Å²) < 4.78 is 5.98. The van der Waals surface area contributed by atoms with Crippen LogP contribution in [-0.4, -0.2) is 32.8 Å². The Kier molecular flexibility index (Phi) is 7.50. The van der Waals surface area contributed by atoms with Crippen LogP contribution in [0.25, 0.3) is 11.1 Å². The van der Waals surface area contributed by atoms with Crippen molar-refractivity contribution in [2.75, 3.05) is 32.8 Å². The van der Waals surface area contributed by atoms with Crippen LogP contribution in [0.3, 0.4) is 0 Å². The molecular weight excluding hydrogens is 322 g/mol. The number of rotatable bonds is 9. The molecule has 1 aliphatic heterocycles. The standard InChI is InChI=1S/C22H31N3O/c23-11-4-14-26-22-8-7-20(19-5-2-1-3-6-19)15-21(22)17-25-16-18-9-12-24-13-10-18/h1-3,5-8,15,18,24-25H,4,9-14,16-17,23H2. The second-order valence-electron chi connectivity index (χ2n) is 7.00. The van der Waals surface area contributed by atoms with Gasteiger partial charge in [-0.25, -0.2) is 0 Å². The Labute approximate surface area is 157 Å². The summed E-state index contributed by atoms with van der Waals surface area (Å²) in [7, 11) is 0. The lowest BCUT2D eigenvalue weighted by molar-refractivity contribution is 0.308. The molecule has 1 fully saturated rings. The summed E-state index contributed by atoms with van der Waals surface area (Å²) in [5.41, 5.74) is 9.28. The first-order valence-electron chi connectivity index (χ1n) is 9.79. The van der Waals surface area contributed by atoms with E-state index in [4.69, 9.17) is 10.5 Å². The third kappa shape index (κ3) is 5.56. The molecule has 140 valence electrons. The van der Waals surface area contributed by atoms with Crippen molar-refractivity contribution < 1.29 is 4.74 Å². The van der Waals surface area contributed by atoms with E-state index in [1.54, 1.807) is 0 Å². The van der Waals surface area contributed by atoms with Gasteiger partial charge in [0, 0.05) is 12.1 Å².